The lowest BCUT2D eigenvalue weighted by Gasteiger charge is -2.57. The van der Waals surface area contributed by atoms with Crippen molar-refractivity contribution in [1.82, 2.24) is 10.6 Å². The van der Waals surface area contributed by atoms with Gasteiger partial charge in [-0.3, -0.25) is 0 Å². The van der Waals surface area contributed by atoms with E-state index in [4.69, 9.17) is 0 Å². The monoisotopic (exact) mass is 482 g/mol. The van der Waals surface area contributed by atoms with Crippen molar-refractivity contribution < 1.29 is 4.79 Å². The molecular weight excluding hydrogens is 428 g/mol. The summed E-state index contributed by atoms with van der Waals surface area (Å²) in [4.78, 5) is 12.5. The molecule has 0 spiro atoms. The van der Waals surface area contributed by atoms with Crippen molar-refractivity contribution in [2.45, 2.75) is 147 Å². The Kier molecular flexibility index (Phi) is 7.42. The zero-order valence-electron chi connectivity index (χ0n) is 22.6. The van der Waals surface area contributed by atoms with E-state index in [1.807, 2.05) is 0 Å². The predicted molar refractivity (Wildman–Crippen MR) is 144 cm³/mol. The van der Waals surface area contributed by atoms with Crippen LogP contribution in [0, 0.1) is 40.9 Å². The highest BCUT2D eigenvalue weighted by atomic mass is 16.2. The molecule has 8 bridgehead atoms. The van der Waals surface area contributed by atoms with Crippen LogP contribution in [0.4, 0.5) is 4.79 Å². The molecule has 8 aliphatic carbocycles. The minimum absolute atomic E-state index is 0.112. The van der Waals surface area contributed by atoms with Crippen molar-refractivity contribution in [1.29, 1.82) is 0 Å². The number of nitrogens with one attached hydrogen (secondary N) is 2. The average Bonchev–Trinajstić information content (AvgIpc) is 2.77. The third-order valence-corrected chi connectivity index (χ3v) is 11.8. The molecule has 0 aromatic heterocycles. The molecule has 0 aromatic carbocycles. The molecule has 0 aromatic rings. The maximum absolute atomic E-state index is 12.5. The summed E-state index contributed by atoms with van der Waals surface area (Å²) < 4.78 is 0. The Morgan fingerprint density at radius 1 is 0.543 bits per heavy atom. The molecule has 8 aliphatic rings. The predicted octanol–water partition coefficient (Wildman–Crippen LogP) is 8.37. The van der Waals surface area contributed by atoms with E-state index in [1.165, 1.54) is 89.9 Å². The molecule has 0 aliphatic heterocycles. The second-order valence-electron chi connectivity index (χ2n) is 14.9. The van der Waals surface area contributed by atoms with Gasteiger partial charge in [-0.2, -0.15) is 0 Å². The first-order valence-corrected chi connectivity index (χ1v) is 16.1. The minimum Gasteiger partial charge on any atom is -0.338 e. The average molecular weight is 483 g/mol. The second kappa shape index (κ2) is 10.6. The Morgan fingerprint density at radius 3 is 1.43 bits per heavy atom. The third kappa shape index (κ3) is 5.90. The van der Waals surface area contributed by atoms with Crippen molar-refractivity contribution in [2.24, 2.45) is 40.9 Å². The highest BCUT2D eigenvalue weighted by molar-refractivity contribution is 5.74. The molecule has 0 radical (unpaired) electrons. The van der Waals surface area contributed by atoms with Crippen LogP contribution in [0.5, 0.6) is 0 Å². The molecule has 0 saturated heterocycles. The Bertz CT molecular complexity index is 659. The van der Waals surface area contributed by atoms with E-state index < -0.39 is 0 Å². The molecular formula is C32H54N2O. The summed E-state index contributed by atoms with van der Waals surface area (Å²) in [5.74, 6) is 6.03. The summed E-state index contributed by atoms with van der Waals surface area (Å²) in [5.41, 5.74) is 0.947. The first-order valence-electron chi connectivity index (χ1n) is 16.1. The maximum Gasteiger partial charge on any atom is 0.315 e. The molecule has 3 nitrogen and oxygen atoms in total. The molecule has 0 unspecified atom stereocenters. The van der Waals surface area contributed by atoms with Crippen LogP contribution in [0.2, 0.25) is 0 Å². The summed E-state index contributed by atoms with van der Waals surface area (Å²) in [6.07, 6.45) is 31.6. The quantitative estimate of drug-likeness (QED) is 0.254. The van der Waals surface area contributed by atoms with Gasteiger partial charge in [-0.15, -0.1) is 0 Å². The van der Waals surface area contributed by atoms with Gasteiger partial charge in [-0.25, -0.2) is 4.79 Å². The second-order valence-corrected chi connectivity index (χ2v) is 14.9. The van der Waals surface area contributed by atoms with E-state index in [9.17, 15) is 4.79 Å². The summed E-state index contributed by atoms with van der Waals surface area (Å²) in [6, 6.07) is 0.112. The summed E-state index contributed by atoms with van der Waals surface area (Å²) in [6.45, 7) is 0.850. The molecule has 3 heteroatoms. The van der Waals surface area contributed by atoms with Crippen molar-refractivity contribution >= 4 is 6.03 Å². The van der Waals surface area contributed by atoms with Crippen LogP contribution >= 0.6 is 0 Å². The van der Waals surface area contributed by atoms with Crippen LogP contribution in [-0.2, 0) is 0 Å². The van der Waals surface area contributed by atoms with Gasteiger partial charge in [0.05, 0.1) is 0 Å². The van der Waals surface area contributed by atoms with Gasteiger partial charge in [0.25, 0.3) is 0 Å². The maximum atomic E-state index is 12.5. The topological polar surface area (TPSA) is 41.1 Å². The largest absolute Gasteiger partial charge is 0.338 e. The minimum atomic E-state index is 0.112. The lowest BCUT2D eigenvalue weighted by molar-refractivity contribution is -0.0583. The Hall–Kier alpha value is -0.730. The van der Waals surface area contributed by atoms with E-state index in [-0.39, 0.29) is 11.6 Å². The van der Waals surface area contributed by atoms with Gasteiger partial charge in [0.2, 0.25) is 0 Å². The van der Waals surface area contributed by atoms with Crippen LogP contribution in [-0.4, -0.2) is 18.1 Å². The number of rotatable bonds is 13. The number of unbranched alkanes of at least 4 members (excludes halogenated alkanes) is 8. The normalized spacial score (nSPS) is 42.5. The lowest BCUT2D eigenvalue weighted by Crippen LogP contribution is -2.61. The van der Waals surface area contributed by atoms with Gasteiger partial charge in [-0.05, 0) is 131 Å². The smallest absolute Gasteiger partial charge is 0.315 e. The Labute approximate surface area is 215 Å². The number of carbonyl (C=O) groups excluding carboxylic acids is 1. The molecule has 8 saturated carbocycles. The van der Waals surface area contributed by atoms with Gasteiger partial charge < -0.3 is 10.6 Å². The van der Waals surface area contributed by atoms with Crippen LogP contribution in [0.15, 0.2) is 0 Å². The highest BCUT2D eigenvalue weighted by Gasteiger charge is 2.52. The third-order valence-electron chi connectivity index (χ3n) is 11.8. The van der Waals surface area contributed by atoms with Crippen LogP contribution in [0.1, 0.15) is 141 Å². The number of hydrogen-bond acceptors (Lipinski definition) is 1. The zero-order valence-corrected chi connectivity index (χ0v) is 22.6. The zero-order chi connectivity index (χ0) is 23.7. The molecule has 35 heavy (non-hydrogen) atoms. The van der Waals surface area contributed by atoms with Crippen LogP contribution < -0.4 is 10.6 Å². The fraction of sp³-hybridized carbons (Fsp3) is 0.969. The summed E-state index contributed by atoms with van der Waals surface area (Å²) in [7, 11) is 0. The summed E-state index contributed by atoms with van der Waals surface area (Å²) >= 11 is 0. The number of hydrogen-bond donors (Lipinski definition) is 2. The molecule has 8 rings (SSSR count). The van der Waals surface area contributed by atoms with Crippen molar-refractivity contribution in [3.05, 3.63) is 0 Å². The first kappa shape index (κ1) is 24.6. The lowest BCUT2D eigenvalue weighted by atomic mass is 9.48. The fourth-order valence-electron chi connectivity index (χ4n) is 11.2. The molecule has 2 amide bonds. The number of amides is 2. The van der Waals surface area contributed by atoms with Crippen molar-refractivity contribution in [3.8, 4) is 0 Å². The SMILES string of the molecule is O=C(NCCCCCCCCCCCC12CC3CC(CC(C3)C1)C2)NC12CC3CC(CC(C3)C1)C2. The molecule has 8 fully saturated rings. The highest BCUT2D eigenvalue weighted by Crippen LogP contribution is 2.61. The first-order chi connectivity index (χ1) is 17.1. The fourth-order valence-corrected chi connectivity index (χ4v) is 11.2. The van der Waals surface area contributed by atoms with Gasteiger partial charge in [0, 0.05) is 12.1 Å². The summed E-state index contributed by atoms with van der Waals surface area (Å²) in [5, 5.41) is 6.63. The van der Waals surface area contributed by atoms with Gasteiger partial charge in [0.1, 0.15) is 0 Å². The van der Waals surface area contributed by atoms with Gasteiger partial charge in [0.15, 0.2) is 0 Å². The molecule has 198 valence electrons. The van der Waals surface area contributed by atoms with E-state index in [0.717, 1.165) is 53.9 Å². The molecule has 0 atom stereocenters. The number of urea groups is 1. The molecule has 0 heterocycles. The van der Waals surface area contributed by atoms with Crippen LogP contribution in [0.25, 0.3) is 0 Å². The standard InChI is InChI=1S/C32H54N2O/c35-30(34-32-21-27-15-28(22-32)17-29(16-27)23-32)33-11-9-7-5-3-1-2-4-6-8-10-31-18-24-12-25(19-31)14-26(13-24)20-31/h24-29H,1-23H2,(H2,33,34,35). The van der Waals surface area contributed by atoms with E-state index in [1.54, 1.807) is 44.9 Å². The van der Waals surface area contributed by atoms with E-state index >= 15 is 0 Å². The van der Waals surface area contributed by atoms with Gasteiger partial charge >= 0.3 is 6.03 Å². The van der Waals surface area contributed by atoms with E-state index in [2.05, 4.69) is 10.6 Å². The Morgan fingerprint density at radius 2 is 0.943 bits per heavy atom. The van der Waals surface area contributed by atoms with Crippen molar-refractivity contribution in [3.63, 3.8) is 0 Å². The number of carbonyl (C=O) groups is 1. The van der Waals surface area contributed by atoms with Gasteiger partial charge in [-0.1, -0.05) is 51.4 Å². The Balaban J connectivity index is 0.753. The van der Waals surface area contributed by atoms with E-state index in [0.29, 0.717) is 0 Å². The molecule has 2 N–H and O–H groups in total. The van der Waals surface area contributed by atoms with Crippen LogP contribution in [0.3, 0.4) is 0 Å². The van der Waals surface area contributed by atoms with Crippen molar-refractivity contribution in [2.75, 3.05) is 6.54 Å².